The first-order valence-electron chi connectivity index (χ1n) is 9.59. The number of rotatable bonds is 10. The standard InChI is InChI=1S/C21H18BrN5O6/c1-2-32-19-10-15(11-24-25-20-8-7-17(12-23-20)27(30)31)9-18(22)21(19)33-13-14-3-5-16(6-4-14)26(28)29/h3-12H,2,13H2,1H3,(H,23,25)/b24-11-. The number of nitrogens with one attached hydrogen (secondary N) is 1. The molecule has 0 saturated carbocycles. The average molecular weight is 516 g/mol. The van der Waals surface area contributed by atoms with Gasteiger partial charge in [-0.25, -0.2) is 4.98 Å². The third kappa shape index (κ3) is 6.46. The number of non-ortho nitro benzene ring substituents is 1. The van der Waals surface area contributed by atoms with Crippen LogP contribution in [0.25, 0.3) is 0 Å². The van der Waals surface area contributed by atoms with Gasteiger partial charge in [-0.2, -0.15) is 5.10 Å². The number of nitro groups is 2. The highest BCUT2D eigenvalue weighted by Crippen LogP contribution is 2.37. The van der Waals surface area contributed by atoms with E-state index in [1.54, 1.807) is 24.3 Å². The van der Waals surface area contributed by atoms with Crippen molar-refractivity contribution in [1.82, 2.24) is 4.98 Å². The van der Waals surface area contributed by atoms with Gasteiger partial charge in [0.1, 0.15) is 18.6 Å². The van der Waals surface area contributed by atoms with Gasteiger partial charge in [0.25, 0.3) is 11.4 Å². The fraction of sp³-hybridized carbons (Fsp3) is 0.143. The lowest BCUT2D eigenvalue weighted by molar-refractivity contribution is -0.385. The Morgan fingerprint density at radius 2 is 1.76 bits per heavy atom. The number of benzene rings is 2. The van der Waals surface area contributed by atoms with Gasteiger partial charge in [-0.15, -0.1) is 0 Å². The molecular formula is C21H18BrN5O6. The Bertz CT molecular complexity index is 1170. The zero-order valence-corrected chi connectivity index (χ0v) is 18.9. The highest BCUT2D eigenvalue weighted by molar-refractivity contribution is 9.10. The summed E-state index contributed by atoms with van der Waals surface area (Å²) in [5, 5.41) is 25.6. The number of hydrazone groups is 1. The summed E-state index contributed by atoms with van der Waals surface area (Å²) >= 11 is 3.48. The van der Waals surface area contributed by atoms with Gasteiger partial charge in [0.15, 0.2) is 11.5 Å². The van der Waals surface area contributed by atoms with Crippen LogP contribution < -0.4 is 14.9 Å². The smallest absolute Gasteiger partial charge is 0.287 e. The van der Waals surface area contributed by atoms with Crippen molar-refractivity contribution in [3.63, 3.8) is 0 Å². The van der Waals surface area contributed by atoms with Gasteiger partial charge in [0, 0.05) is 18.2 Å². The number of hydrogen-bond donors (Lipinski definition) is 1. The number of aromatic nitrogens is 1. The van der Waals surface area contributed by atoms with Crippen molar-refractivity contribution >= 4 is 39.3 Å². The molecule has 170 valence electrons. The summed E-state index contributed by atoms with van der Waals surface area (Å²) in [5.41, 5.74) is 4.06. The molecule has 0 radical (unpaired) electrons. The molecular weight excluding hydrogens is 498 g/mol. The minimum Gasteiger partial charge on any atom is -0.490 e. The summed E-state index contributed by atoms with van der Waals surface area (Å²) in [6.45, 7) is 2.44. The predicted molar refractivity (Wildman–Crippen MR) is 125 cm³/mol. The van der Waals surface area contributed by atoms with E-state index in [4.69, 9.17) is 9.47 Å². The van der Waals surface area contributed by atoms with E-state index in [2.05, 4.69) is 31.4 Å². The Balaban J connectivity index is 1.71. The highest BCUT2D eigenvalue weighted by atomic mass is 79.9. The second kappa shape index (κ2) is 11.0. The molecule has 0 aliphatic carbocycles. The minimum absolute atomic E-state index is 0.0103. The molecule has 3 aromatic rings. The third-order valence-electron chi connectivity index (χ3n) is 4.21. The zero-order chi connectivity index (χ0) is 23.8. The molecule has 0 saturated heterocycles. The van der Waals surface area contributed by atoms with Crippen molar-refractivity contribution < 1.29 is 19.3 Å². The summed E-state index contributed by atoms with van der Waals surface area (Å²) in [7, 11) is 0. The second-order valence-electron chi connectivity index (χ2n) is 6.50. The van der Waals surface area contributed by atoms with Crippen molar-refractivity contribution in [3.8, 4) is 11.5 Å². The first-order chi connectivity index (χ1) is 15.9. The van der Waals surface area contributed by atoms with Crippen LogP contribution in [0.3, 0.4) is 0 Å². The molecule has 0 fully saturated rings. The maximum atomic E-state index is 10.8. The van der Waals surface area contributed by atoms with Gasteiger partial charge in [0.05, 0.1) is 27.1 Å². The van der Waals surface area contributed by atoms with E-state index in [-0.39, 0.29) is 18.0 Å². The van der Waals surface area contributed by atoms with Crippen molar-refractivity contribution in [2.75, 3.05) is 12.0 Å². The third-order valence-corrected chi connectivity index (χ3v) is 4.80. The maximum absolute atomic E-state index is 10.8. The molecule has 0 bridgehead atoms. The minimum atomic E-state index is -0.530. The topological polar surface area (TPSA) is 142 Å². The number of nitrogens with zero attached hydrogens (tertiary/aromatic N) is 4. The molecule has 11 nitrogen and oxygen atoms in total. The Kier molecular flexibility index (Phi) is 7.86. The van der Waals surface area contributed by atoms with Gasteiger partial charge in [-0.1, -0.05) is 0 Å². The fourth-order valence-electron chi connectivity index (χ4n) is 2.67. The van der Waals surface area contributed by atoms with Crippen LogP contribution in [0.5, 0.6) is 11.5 Å². The Labute approximate surface area is 196 Å². The van der Waals surface area contributed by atoms with Crippen LogP contribution in [-0.4, -0.2) is 27.7 Å². The summed E-state index contributed by atoms with van der Waals surface area (Å²) in [6.07, 6.45) is 2.68. The largest absolute Gasteiger partial charge is 0.490 e. The summed E-state index contributed by atoms with van der Waals surface area (Å²) in [5.74, 6) is 1.32. The van der Waals surface area contributed by atoms with Gasteiger partial charge < -0.3 is 9.47 Å². The van der Waals surface area contributed by atoms with E-state index in [0.29, 0.717) is 34.0 Å². The number of halogens is 1. The molecule has 1 heterocycles. The number of pyridine rings is 1. The normalized spacial score (nSPS) is 10.7. The van der Waals surface area contributed by atoms with E-state index in [0.717, 1.165) is 11.8 Å². The molecule has 33 heavy (non-hydrogen) atoms. The lowest BCUT2D eigenvalue weighted by Crippen LogP contribution is -2.02. The van der Waals surface area contributed by atoms with E-state index in [1.807, 2.05) is 6.92 Å². The average Bonchev–Trinajstić information content (AvgIpc) is 2.79. The van der Waals surface area contributed by atoms with Crippen molar-refractivity contribution in [3.05, 3.63) is 90.6 Å². The molecule has 0 unspecified atom stereocenters. The van der Waals surface area contributed by atoms with Crippen LogP contribution in [0.1, 0.15) is 18.1 Å². The Hall–Kier alpha value is -4.06. The van der Waals surface area contributed by atoms with Crippen LogP contribution in [0.4, 0.5) is 17.2 Å². The van der Waals surface area contributed by atoms with Crippen LogP contribution >= 0.6 is 15.9 Å². The predicted octanol–water partition coefficient (Wildman–Crippen LogP) is 5.08. The lowest BCUT2D eigenvalue weighted by Gasteiger charge is -2.14. The maximum Gasteiger partial charge on any atom is 0.287 e. The number of anilines is 1. The van der Waals surface area contributed by atoms with Crippen LogP contribution in [-0.2, 0) is 6.61 Å². The first kappa shape index (κ1) is 23.6. The molecule has 1 aromatic heterocycles. The van der Waals surface area contributed by atoms with E-state index < -0.39 is 9.85 Å². The lowest BCUT2D eigenvalue weighted by atomic mass is 10.2. The molecule has 0 amide bonds. The Morgan fingerprint density at radius 3 is 2.36 bits per heavy atom. The molecule has 1 N–H and O–H groups in total. The fourth-order valence-corrected chi connectivity index (χ4v) is 3.24. The summed E-state index contributed by atoms with van der Waals surface area (Å²) in [4.78, 5) is 24.4. The van der Waals surface area contributed by atoms with E-state index >= 15 is 0 Å². The zero-order valence-electron chi connectivity index (χ0n) is 17.3. The Morgan fingerprint density at radius 1 is 1.06 bits per heavy atom. The number of hydrogen-bond acceptors (Lipinski definition) is 9. The van der Waals surface area contributed by atoms with Crippen molar-refractivity contribution in [1.29, 1.82) is 0 Å². The number of nitro benzene ring substituents is 1. The monoisotopic (exact) mass is 515 g/mol. The molecule has 12 heteroatoms. The van der Waals surface area contributed by atoms with E-state index in [9.17, 15) is 20.2 Å². The van der Waals surface area contributed by atoms with Crippen LogP contribution in [0, 0.1) is 20.2 Å². The number of ether oxygens (including phenoxy) is 2. The van der Waals surface area contributed by atoms with Gasteiger partial charge in [-0.05, 0) is 64.3 Å². The van der Waals surface area contributed by atoms with Crippen LogP contribution in [0.15, 0.2) is 64.3 Å². The quantitative estimate of drug-likeness (QED) is 0.223. The molecule has 2 aromatic carbocycles. The van der Waals surface area contributed by atoms with Crippen molar-refractivity contribution in [2.45, 2.75) is 13.5 Å². The van der Waals surface area contributed by atoms with Gasteiger partial charge in [-0.3, -0.25) is 25.7 Å². The molecule has 0 aliphatic rings. The highest BCUT2D eigenvalue weighted by Gasteiger charge is 2.13. The second-order valence-corrected chi connectivity index (χ2v) is 7.36. The summed E-state index contributed by atoms with van der Waals surface area (Å²) in [6, 6.07) is 12.4. The molecule has 3 rings (SSSR count). The molecule has 0 spiro atoms. The molecule has 0 atom stereocenters. The van der Waals surface area contributed by atoms with Gasteiger partial charge >= 0.3 is 0 Å². The molecule has 0 aliphatic heterocycles. The van der Waals surface area contributed by atoms with Crippen molar-refractivity contribution in [2.24, 2.45) is 5.10 Å². The van der Waals surface area contributed by atoms with Gasteiger partial charge in [0.2, 0.25) is 0 Å². The van der Waals surface area contributed by atoms with Crippen LogP contribution in [0.2, 0.25) is 0 Å². The van der Waals surface area contributed by atoms with E-state index in [1.165, 1.54) is 30.5 Å². The summed E-state index contributed by atoms with van der Waals surface area (Å²) < 4.78 is 12.2. The first-order valence-corrected chi connectivity index (χ1v) is 10.4. The SMILES string of the molecule is CCOc1cc(/C=N\Nc2ccc([N+](=O)[O-])cn2)cc(Br)c1OCc1ccc([N+](=O)[O-])cc1.